The highest BCUT2D eigenvalue weighted by Gasteiger charge is 2.17. The summed E-state index contributed by atoms with van der Waals surface area (Å²) in [6.07, 6.45) is 0. The van der Waals surface area contributed by atoms with Crippen molar-refractivity contribution in [3.63, 3.8) is 0 Å². The first-order valence-corrected chi connectivity index (χ1v) is 9.70. The number of carbonyl (C=O) groups excluding carboxylic acids is 1. The van der Waals surface area contributed by atoms with Crippen LogP contribution in [-0.4, -0.2) is 37.4 Å². The molecule has 4 rings (SSSR count). The summed E-state index contributed by atoms with van der Waals surface area (Å²) in [5.41, 5.74) is 3.73. The number of ether oxygens (including phenoxy) is 1. The average Bonchev–Trinajstić information content (AvgIpc) is 3.29. The second-order valence-corrected chi connectivity index (χ2v) is 7.55. The number of hydrogen-bond donors (Lipinski definition) is 1. The van der Waals surface area contributed by atoms with Gasteiger partial charge in [0.25, 0.3) is 5.91 Å². The summed E-state index contributed by atoms with van der Waals surface area (Å²) < 4.78 is 10.6. The molecule has 3 heterocycles. The molecule has 3 aromatic rings. The van der Waals surface area contributed by atoms with E-state index in [-0.39, 0.29) is 5.91 Å². The van der Waals surface area contributed by atoms with Crippen molar-refractivity contribution in [3.8, 4) is 10.4 Å². The van der Waals surface area contributed by atoms with Crippen LogP contribution in [0.1, 0.15) is 21.1 Å². The highest BCUT2D eigenvalue weighted by atomic mass is 32.1. The van der Waals surface area contributed by atoms with E-state index >= 15 is 0 Å². The Morgan fingerprint density at radius 2 is 1.85 bits per heavy atom. The molecular formula is C20H21N3O3S. The van der Waals surface area contributed by atoms with Crippen molar-refractivity contribution in [2.45, 2.75) is 13.8 Å². The number of anilines is 2. The summed E-state index contributed by atoms with van der Waals surface area (Å²) in [5.74, 6) is 0.650. The average molecular weight is 383 g/mol. The maximum absolute atomic E-state index is 12.6. The third kappa shape index (κ3) is 3.74. The van der Waals surface area contributed by atoms with Crippen LogP contribution in [0.25, 0.3) is 10.4 Å². The first-order valence-electron chi connectivity index (χ1n) is 8.89. The number of rotatable bonds is 4. The zero-order valence-corrected chi connectivity index (χ0v) is 16.1. The Labute approximate surface area is 161 Å². The molecule has 27 heavy (non-hydrogen) atoms. The van der Waals surface area contributed by atoms with Gasteiger partial charge in [0, 0.05) is 29.3 Å². The zero-order chi connectivity index (χ0) is 18.8. The monoisotopic (exact) mass is 383 g/mol. The summed E-state index contributed by atoms with van der Waals surface area (Å²) in [6.45, 7) is 7.08. The van der Waals surface area contributed by atoms with Gasteiger partial charge in [0.1, 0.15) is 5.76 Å². The fourth-order valence-electron chi connectivity index (χ4n) is 3.20. The molecule has 1 aromatic carbocycles. The van der Waals surface area contributed by atoms with Gasteiger partial charge in [0.05, 0.1) is 29.3 Å². The number of thiophene rings is 1. The normalized spacial score (nSPS) is 14.4. The molecule has 7 heteroatoms. The van der Waals surface area contributed by atoms with Crippen molar-refractivity contribution in [1.82, 2.24) is 5.16 Å². The van der Waals surface area contributed by atoms with Gasteiger partial charge in [-0.2, -0.15) is 0 Å². The van der Waals surface area contributed by atoms with E-state index in [2.05, 4.69) is 15.4 Å². The number of carbonyl (C=O) groups is 1. The van der Waals surface area contributed by atoms with Gasteiger partial charge in [-0.3, -0.25) is 4.79 Å². The summed E-state index contributed by atoms with van der Waals surface area (Å²) >= 11 is 1.44. The first-order chi connectivity index (χ1) is 13.1. The Bertz CT molecular complexity index is 920. The quantitative estimate of drug-likeness (QED) is 0.734. The van der Waals surface area contributed by atoms with Crippen LogP contribution in [0, 0.1) is 13.8 Å². The second kappa shape index (κ2) is 7.54. The van der Waals surface area contributed by atoms with Gasteiger partial charge in [-0.15, -0.1) is 11.3 Å². The van der Waals surface area contributed by atoms with Gasteiger partial charge in [0.2, 0.25) is 0 Å². The molecule has 0 unspecified atom stereocenters. The Hall–Kier alpha value is -2.64. The van der Waals surface area contributed by atoms with E-state index in [4.69, 9.17) is 9.26 Å². The minimum atomic E-state index is -0.114. The molecule has 0 bridgehead atoms. The first kappa shape index (κ1) is 17.8. The minimum absolute atomic E-state index is 0.114. The molecule has 1 aliphatic heterocycles. The molecule has 0 atom stereocenters. The topological polar surface area (TPSA) is 67.6 Å². The van der Waals surface area contributed by atoms with Crippen LogP contribution in [0.5, 0.6) is 0 Å². The van der Waals surface area contributed by atoms with Gasteiger partial charge in [-0.25, -0.2) is 0 Å². The zero-order valence-electron chi connectivity index (χ0n) is 15.3. The molecule has 6 nitrogen and oxygen atoms in total. The molecule has 1 aliphatic rings. The lowest BCUT2D eigenvalue weighted by molar-refractivity contribution is 0.103. The van der Waals surface area contributed by atoms with E-state index in [0.717, 1.165) is 59.6 Å². The molecule has 0 aliphatic carbocycles. The van der Waals surface area contributed by atoms with Crippen molar-refractivity contribution in [3.05, 3.63) is 52.7 Å². The van der Waals surface area contributed by atoms with E-state index in [1.165, 1.54) is 11.3 Å². The van der Waals surface area contributed by atoms with E-state index in [1.807, 2.05) is 50.2 Å². The van der Waals surface area contributed by atoms with Crippen LogP contribution in [0.3, 0.4) is 0 Å². The predicted molar refractivity (Wildman–Crippen MR) is 107 cm³/mol. The smallest absolute Gasteiger partial charge is 0.265 e. The maximum Gasteiger partial charge on any atom is 0.265 e. The lowest BCUT2D eigenvalue weighted by Crippen LogP contribution is -2.36. The van der Waals surface area contributed by atoms with Crippen molar-refractivity contribution < 1.29 is 14.1 Å². The predicted octanol–water partition coefficient (Wildman–Crippen LogP) is 4.11. The summed E-state index contributed by atoms with van der Waals surface area (Å²) in [6, 6.07) is 11.7. The molecule has 0 saturated carbocycles. The van der Waals surface area contributed by atoms with Gasteiger partial charge in [-0.1, -0.05) is 5.16 Å². The number of aryl methyl sites for hydroxylation is 2. The van der Waals surface area contributed by atoms with Crippen molar-refractivity contribution in [2.75, 3.05) is 36.5 Å². The van der Waals surface area contributed by atoms with E-state index in [0.29, 0.717) is 4.88 Å². The molecule has 1 N–H and O–H groups in total. The fourth-order valence-corrected chi connectivity index (χ4v) is 4.25. The molecule has 0 radical (unpaired) electrons. The third-order valence-electron chi connectivity index (χ3n) is 4.61. The number of aromatic nitrogens is 1. The Balaban J connectivity index is 1.45. The van der Waals surface area contributed by atoms with Gasteiger partial charge in [0.15, 0.2) is 0 Å². The van der Waals surface area contributed by atoms with Crippen LogP contribution in [0.15, 0.2) is 40.9 Å². The molecule has 1 amide bonds. The third-order valence-corrected chi connectivity index (χ3v) is 5.71. The van der Waals surface area contributed by atoms with Crippen LogP contribution in [0.4, 0.5) is 11.4 Å². The van der Waals surface area contributed by atoms with E-state index < -0.39 is 0 Å². The van der Waals surface area contributed by atoms with Crippen molar-refractivity contribution >= 4 is 28.6 Å². The highest BCUT2D eigenvalue weighted by Crippen LogP contribution is 2.33. The number of morpholine rings is 1. The van der Waals surface area contributed by atoms with Gasteiger partial charge < -0.3 is 19.5 Å². The van der Waals surface area contributed by atoms with E-state index in [1.54, 1.807) is 0 Å². The molecule has 1 saturated heterocycles. The van der Waals surface area contributed by atoms with Gasteiger partial charge >= 0.3 is 0 Å². The Morgan fingerprint density at radius 1 is 1.11 bits per heavy atom. The van der Waals surface area contributed by atoms with Crippen LogP contribution in [-0.2, 0) is 4.74 Å². The highest BCUT2D eigenvalue weighted by molar-refractivity contribution is 7.17. The number of amides is 1. The van der Waals surface area contributed by atoms with Crippen molar-refractivity contribution in [1.29, 1.82) is 0 Å². The summed E-state index contributed by atoms with van der Waals surface area (Å²) in [5, 5.41) is 6.95. The number of benzene rings is 1. The minimum Gasteiger partial charge on any atom is -0.378 e. The Morgan fingerprint density at radius 3 is 2.52 bits per heavy atom. The molecule has 0 spiro atoms. The summed E-state index contributed by atoms with van der Waals surface area (Å²) in [7, 11) is 0. The molecule has 140 valence electrons. The summed E-state index contributed by atoms with van der Waals surface area (Å²) in [4.78, 5) is 16.5. The molecule has 1 fully saturated rings. The molecule has 2 aromatic heterocycles. The van der Waals surface area contributed by atoms with Crippen LogP contribution in [0.2, 0.25) is 0 Å². The fraction of sp³-hybridized carbons (Fsp3) is 0.300. The molecular weight excluding hydrogens is 362 g/mol. The number of hydrogen-bond acceptors (Lipinski definition) is 6. The standard InChI is InChI=1S/C20H21N3O3S/c1-13-19(14(2)26-22-13)17-7-8-18(27-17)20(24)21-15-3-5-16(6-4-15)23-9-11-25-12-10-23/h3-8H,9-12H2,1-2H3,(H,21,24). The second-order valence-electron chi connectivity index (χ2n) is 6.46. The van der Waals surface area contributed by atoms with Crippen LogP contribution >= 0.6 is 11.3 Å². The van der Waals surface area contributed by atoms with Crippen molar-refractivity contribution in [2.24, 2.45) is 0 Å². The lowest BCUT2D eigenvalue weighted by Gasteiger charge is -2.28. The lowest BCUT2D eigenvalue weighted by atomic mass is 10.2. The SMILES string of the molecule is Cc1noc(C)c1-c1ccc(C(=O)Nc2ccc(N3CCOCC3)cc2)s1. The van der Waals surface area contributed by atoms with E-state index in [9.17, 15) is 4.79 Å². The van der Waals surface area contributed by atoms with Crippen LogP contribution < -0.4 is 10.2 Å². The maximum atomic E-state index is 12.6. The van der Waals surface area contributed by atoms with Gasteiger partial charge in [-0.05, 0) is 50.2 Å². The number of nitrogens with one attached hydrogen (secondary N) is 1. The largest absolute Gasteiger partial charge is 0.378 e. The Kier molecular flexibility index (Phi) is 4.96. The number of nitrogens with zero attached hydrogens (tertiary/aromatic N) is 2.